The molecule has 0 spiro atoms. The lowest BCUT2D eigenvalue weighted by Crippen LogP contribution is -1.97. The third-order valence-corrected chi connectivity index (χ3v) is 2.62. The lowest BCUT2D eigenvalue weighted by Gasteiger charge is -2.04. The smallest absolute Gasteiger partial charge is 0.157 e. The molecule has 2 aromatic rings. The van der Waals surface area contributed by atoms with Crippen LogP contribution in [0.3, 0.4) is 0 Å². The molecule has 4 nitrogen and oxygen atoms in total. The predicted molar refractivity (Wildman–Crippen MR) is 68.0 cm³/mol. The second kappa shape index (κ2) is 6.01. The van der Waals surface area contributed by atoms with Gasteiger partial charge in [-0.2, -0.15) is 10.4 Å². The molecule has 19 heavy (non-hydrogen) atoms. The molecule has 5 heteroatoms. The van der Waals surface area contributed by atoms with Gasteiger partial charge in [-0.3, -0.25) is 4.68 Å². The molecular weight excluding hydrogens is 245 g/mol. The van der Waals surface area contributed by atoms with Gasteiger partial charge in [-0.1, -0.05) is 13.0 Å². The first-order valence-corrected chi connectivity index (χ1v) is 6.06. The molecule has 0 N–H and O–H groups in total. The molecule has 0 aliphatic rings. The fraction of sp³-hybridized carbons (Fsp3) is 0.286. The summed E-state index contributed by atoms with van der Waals surface area (Å²) >= 11 is 0. The molecule has 2 rings (SSSR count). The Morgan fingerprint density at radius 1 is 1.47 bits per heavy atom. The maximum atomic E-state index is 13.1. The van der Waals surface area contributed by atoms with Crippen LogP contribution in [0.1, 0.15) is 24.5 Å². The Morgan fingerprint density at radius 2 is 2.32 bits per heavy atom. The fourth-order valence-corrected chi connectivity index (χ4v) is 1.69. The minimum atomic E-state index is -0.512. The molecule has 98 valence electrons. The van der Waals surface area contributed by atoms with E-state index >= 15 is 0 Å². The van der Waals surface area contributed by atoms with Crippen LogP contribution < -0.4 is 4.74 Å². The van der Waals surface area contributed by atoms with Crippen LogP contribution in [0.2, 0.25) is 0 Å². The molecule has 1 aromatic carbocycles. The van der Waals surface area contributed by atoms with Gasteiger partial charge in [0.1, 0.15) is 18.5 Å². The largest absolute Gasteiger partial charge is 0.486 e. The summed E-state index contributed by atoms with van der Waals surface area (Å²) in [5, 5.41) is 12.9. The zero-order valence-electron chi connectivity index (χ0n) is 10.6. The molecule has 0 aliphatic heterocycles. The average molecular weight is 259 g/mol. The third-order valence-electron chi connectivity index (χ3n) is 2.62. The zero-order chi connectivity index (χ0) is 13.7. The van der Waals surface area contributed by atoms with Crippen LogP contribution in [-0.4, -0.2) is 9.78 Å². The van der Waals surface area contributed by atoms with E-state index in [0.717, 1.165) is 18.5 Å². The number of nitrogens with zero attached hydrogens (tertiary/aromatic N) is 3. The van der Waals surface area contributed by atoms with Crippen LogP contribution in [0.4, 0.5) is 4.39 Å². The molecule has 0 atom stereocenters. The molecule has 0 unspecified atom stereocenters. The van der Waals surface area contributed by atoms with E-state index in [1.165, 1.54) is 12.1 Å². The minimum Gasteiger partial charge on any atom is -0.486 e. The zero-order valence-corrected chi connectivity index (χ0v) is 10.6. The summed E-state index contributed by atoms with van der Waals surface area (Å²) in [4.78, 5) is 0. The van der Waals surface area contributed by atoms with E-state index in [1.54, 1.807) is 16.9 Å². The molecule has 0 saturated carbocycles. The van der Waals surface area contributed by atoms with Crippen LogP contribution >= 0.6 is 0 Å². The van der Waals surface area contributed by atoms with Crippen LogP contribution in [0.15, 0.2) is 30.6 Å². The van der Waals surface area contributed by atoms with Crippen LogP contribution in [-0.2, 0) is 13.2 Å². The van der Waals surface area contributed by atoms with Crippen LogP contribution in [0.5, 0.6) is 5.75 Å². The monoisotopic (exact) mass is 259 g/mol. The number of nitriles is 1. The van der Waals surface area contributed by atoms with Crippen molar-refractivity contribution in [3.63, 3.8) is 0 Å². The Morgan fingerprint density at radius 3 is 3.05 bits per heavy atom. The molecule has 0 radical (unpaired) electrons. The molecule has 0 fully saturated rings. The van der Waals surface area contributed by atoms with E-state index < -0.39 is 5.82 Å². The highest BCUT2D eigenvalue weighted by molar-refractivity contribution is 5.34. The second-order valence-electron chi connectivity index (χ2n) is 4.15. The van der Waals surface area contributed by atoms with Gasteiger partial charge in [0.25, 0.3) is 0 Å². The number of benzene rings is 1. The molecule has 0 aliphatic carbocycles. The molecule has 1 aromatic heterocycles. The topological polar surface area (TPSA) is 50.8 Å². The fourth-order valence-electron chi connectivity index (χ4n) is 1.69. The van der Waals surface area contributed by atoms with Gasteiger partial charge >= 0.3 is 0 Å². The number of ether oxygens (including phenoxy) is 1. The van der Waals surface area contributed by atoms with Crippen molar-refractivity contribution in [3.8, 4) is 11.8 Å². The van der Waals surface area contributed by atoms with Gasteiger partial charge in [0.05, 0.1) is 18.0 Å². The molecule has 0 bridgehead atoms. The van der Waals surface area contributed by atoms with Crippen molar-refractivity contribution >= 4 is 0 Å². The number of hydrogen-bond donors (Lipinski definition) is 0. The Hall–Kier alpha value is -2.35. The van der Waals surface area contributed by atoms with E-state index in [0.29, 0.717) is 5.75 Å². The predicted octanol–water partition coefficient (Wildman–Crippen LogP) is 2.88. The summed E-state index contributed by atoms with van der Waals surface area (Å²) in [5.74, 6) is 0.151. The lowest BCUT2D eigenvalue weighted by atomic mass is 10.1. The number of aryl methyl sites for hydroxylation is 1. The summed E-state index contributed by atoms with van der Waals surface area (Å²) in [7, 11) is 0. The van der Waals surface area contributed by atoms with Crippen LogP contribution in [0, 0.1) is 17.1 Å². The van der Waals surface area contributed by atoms with Gasteiger partial charge in [-0.15, -0.1) is 0 Å². The SMILES string of the molecule is CCCn1cc(OCc2ccc(F)c(C#N)c2)cn1. The number of rotatable bonds is 5. The van der Waals surface area contributed by atoms with Gasteiger partial charge in [0.2, 0.25) is 0 Å². The van der Waals surface area contributed by atoms with Gasteiger partial charge in [-0.25, -0.2) is 4.39 Å². The van der Waals surface area contributed by atoms with E-state index in [2.05, 4.69) is 12.0 Å². The minimum absolute atomic E-state index is 0.0304. The summed E-state index contributed by atoms with van der Waals surface area (Å²) in [6, 6.07) is 6.18. The van der Waals surface area contributed by atoms with E-state index in [1.807, 2.05) is 12.3 Å². The third kappa shape index (κ3) is 3.32. The van der Waals surface area contributed by atoms with Gasteiger partial charge in [0.15, 0.2) is 5.75 Å². The molecule has 0 amide bonds. The first-order valence-electron chi connectivity index (χ1n) is 6.06. The maximum absolute atomic E-state index is 13.1. The molecular formula is C14H14FN3O. The number of aromatic nitrogens is 2. The summed E-state index contributed by atoms with van der Waals surface area (Å²) in [5.41, 5.74) is 0.781. The Labute approximate surface area is 111 Å². The summed E-state index contributed by atoms with van der Waals surface area (Å²) in [6.45, 7) is 3.20. The molecule has 0 saturated heterocycles. The van der Waals surface area contributed by atoms with E-state index in [9.17, 15) is 4.39 Å². The van der Waals surface area contributed by atoms with Gasteiger partial charge in [0, 0.05) is 6.54 Å². The summed E-state index contributed by atoms with van der Waals surface area (Å²) in [6.07, 6.45) is 4.47. The maximum Gasteiger partial charge on any atom is 0.157 e. The number of hydrogen-bond acceptors (Lipinski definition) is 3. The highest BCUT2D eigenvalue weighted by atomic mass is 19.1. The Bertz CT molecular complexity index is 601. The quantitative estimate of drug-likeness (QED) is 0.829. The van der Waals surface area contributed by atoms with Crippen molar-refractivity contribution in [2.45, 2.75) is 26.5 Å². The van der Waals surface area contributed by atoms with Gasteiger partial charge < -0.3 is 4.74 Å². The standard InChI is InChI=1S/C14H14FN3O/c1-2-5-18-9-13(8-17-18)19-10-11-3-4-14(15)12(6-11)7-16/h3-4,6,8-9H,2,5,10H2,1H3. The highest BCUT2D eigenvalue weighted by Crippen LogP contribution is 2.14. The normalized spacial score (nSPS) is 10.2. The van der Waals surface area contributed by atoms with E-state index in [-0.39, 0.29) is 12.2 Å². The average Bonchev–Trinajstić information content (AvgIpc) is 2.86. The van der Waals surface area contributed by atoms with Crippen molar-refractivity contribution in [1.29, 1.82) is 5.26 Å². The summed E-state index contributed by atoms with van der Waals surface area (Å²) < 4.78 is 20.5. The Balaban J connectivity index is 2.00. The van der Waals surface area contributed by atoms with Crippen molar-refractivity contribution < 1.29 is 9.13 Å². The highest BCUT2D eigenvalue weighted by Gasteiger charge is 2.04. The number of halogens is 1. The van der Waals surface area contributed by atoms with E-state index in [4.69, 9.17) is 10.00 Å². The van der Waals surface area contributed by atoms with Gasteiger partial charge in [-0.05, 0) is 24.1 Å². The first kappa shape index (κ1) is 13.1. The van der Waals surface area contributed by atoms with Crippen molar-refractivity contribution in [2.75, 3.05) is 0 Å². The lowest BCUT2D eigenvalue weighted by molar-refractivity contribution is 0.305. The van der Waals surface area contributed by atoms with Crippen molar-refractivity contribution in [3.05, 3.63) is 47.5 Å². The van der Waals surface area contributed by atoms with Crippen molar-refractivity contribution in [1.82, 2.24) is 9.78 Å². The Kier molecular flexibility index (Phi) is 4.14. The van der Waals surface area contributed by atoms with Crippen molar-refractivity contribution in [2.24, 2.45) is 0 Å². The van der Waals surface area contributed by atoms with Crippen LogP contribution in [0.25, 0.3) is 0 Å². The molecule has 1 heterocycles. The first-order chi connectivity index (χ1) is 9.22. The second-order valence-corrected chi connectivity index (χ2v) is 4.15.